The fraction of sp³-hybridized carbons (Fsp3) is 0.143. The fourth-order valence-corrected chi connectivity index (χ4v) is 2.71. The van der Waals surface area contributed by atoms with Crippen molar-refractivity contribution in [3.05, 3.63) is 35.4 Å². The molecule has 2 rings (SSSR count). The Kier molecular flexibility index (Phi) is 3.48. The van der Waals surface area contributed by atoms with Crippen molar-refractivity contribution in [3.63, 3.8) is 0 Å². The van der Waals surface area contributed by atoms with Gasteiger partial charge in [0.2, 0.25) is 0 Å². The van der Waals surface area contributed by atoms with E-state index in [1.165, 1.54) is 11.8 Å². The largest absolute Gasteiger partial charge is 0.398 e. The molecule has 0 unspecified atom stereocenters. The molecule has 0 radical (unpaired) electrons. The average molecular weight is 274 g/mol. The van der Waals surface area contributed by atoms with Gasteiger partial charge in [-0.15, -0.1) is 0 Å². The molecule has 8 N–H and O–H groups in total. The summed E-state index contributed by atoms with van der Waals surface area (Å²) in [6, 6.07) is 7.46. The molecule has 0 bridgehead atoms. The Morgan fingerprint density at radius 2 is 1.00 bits per heavy atom. The van der Waals surface area contributed by atoms with Crippen molar-refractivity contribution in [1.29, 1.82) is 0 Å². The van der Waals surface area contributed by atoms with Gasteiger partial charge in [0.25, 0.3) is 0 Å². The maximum atomic E-state index is 6.01. The zero-order chi connectivity index (χ0) is 14.2. The molecule has 0 aliphatic heterocycles. The van der Waals surface area contributed by atoms with Gasteiger partial charge in [0.1, 0.15) is 0 Å². The van der Waals surface area contributed by atoms with E-state index in [0.717, 1.165) is 32.3 Å². The second kappa shape index (κ2) is 4.93. The molecule has 19 heavy (non-hydrogen) atoms. The SMILES string of the molecule is Cc1cc(N)c(Sc2cc(N)c(C)cc2N)cc1N. The van der Waals surface area contributed by atoms with Gasteiger partial charge in [-0.2, -0.15) is 0 Å². The fourth-order valence-electron chi connectivity index (χ4n) is 1.75. The number of hydrogen-bond donors (Lipinski definition) is 4. The average Bonchev–Trinajstić information content (AvgIpc) is 2.32. The molecule has 2 aromatic rings. The van der Waals surface area contributed by atoms with Gasteiger partial charge in [-0.05, 0) is 49.2 Å². The number of nitrogens with two attached hydrogens (primary N) is 4. The number of nitrogen functional groups attached to an aromatic ring is 4. The van der Waals surface area contributed by atoms with E-state index in [1.807, 2.05) is 38.1 Å². The summed E-state index contributed by atoms with van der Waals surface area (Å²) in [5, 5.41) is 0. The monoisotopic (exact) mass is 274 g/mol. The van der Waals surface area contributed by atoms with Crippen LogP contribution in [-0.4, -0.2) is 0 Å². The first-order valence-corrected chi connectivity index (χ1v) is 6.69. The van der Waals surface area contributed by atoms with Crippen LogP contribution in [0.1, 0.15) is 11.1 Å². The van der Waals surface area contributed by atoms with Gasteiger partial charge < -0.3 is 22.9 Å². The molecule has 0 amide bonds. The summed E-state index contributed by atoms with van der Waals surface area (Å²) in [6.45, 7) is 3.86. The van der Waals surface area contributed by atoms with Crippen LogP contribution >= 0.6 is 11.8 Å². The third kappa shape index (κ3) is 2.71. The smallest absolute Gasteiger partial charge is 0.0460 e. The third-order valence-corrected chi connectivity index (χ3v) is 4.16. The van der Waals surface area contributed by atoms with E-state index in [1.54, 1.807) is 0 Å². The molecule has 100 valence electrons. The van der Waals surface area contributed by atoms with Crippen molar-refractivity contribution >= 4 is 34.5 Å². The number of benzene rings is 2. The summed E-state index contributed by atoms with van der Waals surface area (Å²) in [4.78, 5) is 1.77. The zero-order valence-electron chi connectivity index (χ0n) is 11.0. The van der Waals surface area contributed by atoms with E-state index in [0.29, 0.717) is 11.4 Å². The molecule has 0 heterocycles. The van der Waals surface area contributed by atoms with Crippen LogP contribution in [-0.2, 0) is 0 Å². The van der Waals surface area contributed by atoms with Crippen LogP contribution in [0.4, 0.5) is 22.7 Å². The maximum absolute atomic E-state index is 6.01. The highest BCUT2D eigenvalue weighted by Gasteiger charge is 2.09. The molecule has 4 nitrogen and oxygen atoms in total. The molecular formula is C14H18N4S. The summed E-state index contributed by atoms with van der Waals surface area (Å²) in [5.41, 5.74) is 28.6. The van der Waals surface area contributed by atoms with Gasteiger partial charge in [-0.1, -0.05) is 11.8 Å². The Morgan fingerprint density at radius 3 is 1.37 bits per heavy atom. The number of hydrogen-bond acceptors (Lipinski definition) is 5. The summed E-state index contributed by atoms with van der Waals surface area (Å²) in [6.07, 6.45) is 0. The lowest BCUT2D eigenvalue weighted by atomic mass is 10.2. The van der Waals surface area contributed by atoms with E-state index in [-0.39, 0.29) is 0 Å². The first kappa shape index (κ1) is 13.4. The van der Waals surface area contributed by atoms with Gasteiger partial charge in [-0.3, -0.25) is 0 Å². The minimum absolute atomic E-state index is 0.690. The molecule has 2 aromatic carbocycles. The zero-order valence-corrected chi connectivity index (χ0v) is 11.8. The topological polar surface area (TPSA) is 104 Å². The molecule has 0 fully saturated rings. The van der Waals surface area contributed by atoms with Crippen LogP contribution in [0.3, 0.4) is 0 Å². The van der Waals surface area contributed by atoms with Crippen molar-refractivity contribution in [3.8, 4) is 0 Å². The molecule has 0 saturated carbocycles. The Labute approximate surface area is 117 Å². The standard InChI is InChI=1S/C14H18N4S/c1-7-3-11(17)13(5-9(7)15)19-14-6-10(16)8(2)4-12(14)18/h3-6H,15-18H2,1-2H3. The first-order chi connectivity index (χ1) is 8.88. The maximum Gasteiger partial charge on any atom is 0.0460 e. The van der Waals surface area contributed by atoms with Crippen molar-refractivity contribution in [1.82, 2.24) is 0 Å². The van der Waals surface area contributed by atoms with Crippen LogP contribution in [0.5, 0.6) is 0 Å². The van der Waals surface area contributed by atoms with Crippen LogP contribution in [0, 0.1) is 13.8 Å². The Hall–Kier alpha value is -2.01. The highest BCUT2D eigenvalue weighted by Crippen LogP contribution is 2.38. The molecule has 0 atom stereocenters. The Balaban J connectivity index is 2.42. The number of aryl methyl sites for hydroxylation is 2. The van der Waals surface area contributed by atoms with Crippen LogP contribution in [0.2, 0.25) is 0 Å². The van der Waals surface area contributed by atoms with Gasteiger partial charge in [-0.25, -0.2) is 0 Å². The quantitative estimate of drug-likeness (QED) is 0.630. The van der Waals surface area contributed by atoms with Gasteiger partial charge in [0.15, 0.2) is 0 Å². The minimum Gasteiger partial charge on any atom is -0.398 e. The van der Waals surface area contributed by atoms with E-state index >= 15 is 0 Å². The number of rotatable bonds is 2. The van der Waals surface area contributed by atoms with Crippen LogP contribution in [0.25, 0.3) is 0 Å². The van der Waals surface area contributed by atoms with Gasteiger partial charge >= 0.3 is 0 Å². The van der Waals surface area contributed by atoms with Crippen LogP contribution < -0.4 is 22.9 Å². The molecule has 0 aromatic heterocycles. The van der Waals surface area contributed by atoms with Crippen LogP contribution in [0.15, 0.2) is 34.1 Å². The first-order valence-electron chi connectivity index (χ1n) is 5.87. The summed E-state index contributed by atoms with van der Waals surface area (Å²) < 4.78 is 0. The highest BCUT2D eigenvalue weighted by molar-refractivity contribution is 7.99. The minimum atomic E-state index is 0.690. The molecule has 0 aliphatic carbocycles. The number of anilines is 4. The van der Waals surface area contributed by atoms with Crippen molar-refractivity contribution in [2.75, 3.05) is 22.9 Å². The lowest BCUT2D eigenvalue weighted by molar-refractivity contribution is 1.35. The van der Waals surface area contributed by atoms with Crippen molar-refractivity contribution < 1.29 is 0 Å². The lowest BCUT2D eigenvalue weighted by Crippen LogP contribution is -1.97. The van der Waals surface area contributed by atoms with E-state index in [4.69, 9.17) is 22.9 Å². The molecule has 0 spiro atoms. The molecule has 5 heteroatoms. The van der Waals surface area contributed by atoms with E-state index < -0.39 is 0 Å². The predicted octanol–water partition coefficient (Wildman–Crippen LogP) is 2.78. The second-order valence-electron chi connectivity index (χ2n) is 4.60. The summed E-state index contributed by atoms with van der Waals surface area (Å²) >= 11 is 1.48. The van der Waals surface area contributed by atoms with Crippen molar-refractivity contribution in [2.24, 2.45) is 0 Å². The normalized spacial score (nSPS) is 10.6. The Morgan fingerprint density at radius 1 is 0.632 bits per heavy atom. The molecular weight excluding hydrogens is 256 g/mol. The third-order valence-electron chi connectivity index (χ3n) is 3.02. The molecule has 0 saturated heterocycles. The summed E-state index contributed by atoms with van der Waals surface area (Å²) in [5.74, 6) is 0. The van der Waals surface area contributed by atoms with Crippen molar-refractivity contribution in [2.45, 2.75) is 23.6 Å². The van der Waals surface area contributed by atoms with Gasteiger partial charge in [0.05, 0.1) is 0 Å². The van der Waals surface area contributed by atoms with E-state index in [2.05, 4.69) is 0 Å². The van der Waals surface area contributed by atoms with E-state index in [9.17, 15) is 0 Å². The predicted molar refractivity (Wildman–Crippen MR) is 84.1 cm³/mol. The van der Waals surface area contributed by atoms with Gasteiger partial charge in [0, 0.05) is 32.5 Å². The second-order valence-corrected chi connectivity index (χ2v) is 5.68. The molecule has 0 aliphatic rings. The summed E-state index contributed by atoms with van der Waals surface area (Å²) in [7, 11) is 0. The lowest BCUT2D eigenvalue weighted by Gasteiger charge is -2.12. The Bertz CT molecular complexity index is 582. The highest BCUT2D eigenvalue weighted by atomic mass is 32.2.